The molecule has 0 aliphatic rings. The predicted octanol–water partition coefficient (Wildman–Crippen LogP) is 0.757. The lowest BCUT2D eigenvalue weighted by Crippen LogP contribution is -2.12. The first-order chi connectivity index (χ1) is 5.25. The van der Waals surface area contributed by atoms with Gasteiger partial charge in [0.2, 0.25) is 0 Å². The van der Waals surface area contributed by atoms with Crippen LogP contribution in [0.15, 0.2) is 18.5 Å². The molecule has 11 heavy (non-hydrogen) atoms. The molecule has 0 atom stereocenters. The fraction of sp³-hybridized carbons (Fsp3) is 0.143. The van der Waals surface area contributed by atoms with Crippen molar-refractivity contribution < 1.29 is 0 Å². The zero-order chi connectivity index (χ0) is 8.27. The van der Waals surface area contributed by atoms with Crippen LogP contribution in [-0.4, -0.2) is 17.0 Å². The van der Waals surface area contributed by atoms with Gasteiger partial charge in [0.05, 0.1) is 5.56 Å². The molecular formula is C7H9N3S. The lowest BCUT2D eigenvalue weighted by Gasteiger charge is -2.04. The summed E-state index contributed by atoms with van der Waals surface area (Å²) < 4.78 is 0. The number of nitrogens with one attached hydrogen (secondary N) is 1. The Morgan fingerprint density at radius 3 is 2.91 bits per heavy atom. The SMILES string of the molecule is CNc1ccncc1C(N)=S. The van der Waals surface area contributed by atoms with E-state index in [1.54, 1.807) is 12.4 Å². The smallest absolute Gasteiger partial charge is 0.107 e. The van der Waals surface area contributed by atoms with Crippen LogP contribution in [0.1, 0.15) is 5.56 Å². The second-order valence-corrected chi connectivity index (χ2v) is 2.48. The van der Waals surface area contributed by atoms with Crippen LogP contribution in [0.25, 0.3) is 0 Å². The van der Waals surface area contributed by atoms with E-state index in [0.29, 0.717) is 4.99 Å². The highest BCUT2D eigenvalue weighted by molar-refractivity contribution is 7.80. The summed E-state index contributed by atoms with van der Waals surface area (Å²) in [6, 6.07) is 1.83. The summed E-state index contributed by atoms with van der Waals surface area (Å²) >= 11 is 4.81. The van der Waals surface area contributed by atoms with Gasteiger partial charge in [0.25, 0.3) is 0 Å². The van der Waals surface area contributed by atoms with E-state index in [4.69, 9.17) is 18.0 Å². The molecule has 0 aromatic carbocycles. The van der Waals surface area contributed by atoms with Gasteiger partial charge in [-0.2, -0.15) is 0 Å². The fourth-order valence-electron chi connectivity index (χ4n) is 0.809. The van der Waals surface area contributed by atoms with Crippen molar-refractivity contribution in [1.29, 1.82) is 0 Å². The van der Waals surface area contributed by atoms with Crippen molar-refractivity contribution in [2.45, 2.75) is 0 Å². The van der Waals surface area contributed by atoms with Gasteiger partial charge in [0.15, 0.2) is 0 Å². The first-order valence-corrected chi connectivity index (χ1v) is 3.58. The van der Waals surface area contributed by atoms with Crippen LogP contribution in [0.3, 0.4) is 0 Å². The third kappa shape index (κ3) is 1.65. The summed E-state index contributed by atoms with van der Waals surface area (Å²) in [6.45, 7) is 0. The summed E-state index contributed by atoms with van der Waals surface area (Å²) in [5.41, 5.74) is 7.13. The zero-order valence-corrected chi connectivity index (χ0v) is 6.98. The monoisotopic (exact) mass is 167 g/mol. The largest absolute Gasteiger partial charge is 0.389 e. The van der Waals surface area contributed by atoms with E-state index in [-0.39, 0.29) is 0 Å². The molecule has 0 amide bonds. The Morgan fingerprint density at radius 2 is 2.45 bits per heavy atom. The van der Waals surface area contributed by atoms with Crippen molar-refractivity contribution in [3.8, 4) is 0 Å². The first-order valence-electron chi connectivity index (χ1n) is 3.17. The van der Waals surface area contributed by atoms with Gasteiger partial charge in [-0.25, -0.2) is 0 Å². The molecule has 0 saturated heterocycles. The van der Waals surface area contributed by atoms with Gasteiger partial charge in [-0.1, -0.05) is 12.2 Å². The van der Waals surface area contributed by atoms with E-state index in [9.17, 15) is 0 Å². The molecule has 4 heteroatoms. The maximum Gasteiger partial charge on any atom is 0.107 e. The Balaban J connectivity index is 3.12. The topological polar surface area (TPSA) is 50.9 Å². The van der Waals surface area contributed by atoms with E-state index in [0.717, 1.165) is 11.3 Å². The highest BCUT2D eigenvalue weighted by Gasteiger charge is 2.01. The Labute approximate surface area is 70.6 Å². The number of pyridine rings is 1. The predicted molar refractivity (Wildman–Crippen MR) is 49.7 cm³/mol. The van der Waals surface area contributed by atoms with Crippen molar-refractivity contribution >= 4 is 22.9 Å². The Kier molecular flexibility index (Phi) is 2.38. The van der Waals surface area contributed by atoms with Crippen LogP contribution < -0.4 is 11.1 Å². The minimum absolute atomic E-state index is 0.363. The van der Waals surface area contributed by atoms with E-state index < -0.39 is 0 Å². The van der Waals surface area contributed by atoms with Crippen molar-refractivity contribution in [2.75, 3.05) is 12.4 Å². The molecule has 0 bridgehead atoms. The molecule has 0 aliphatic heterocycles. The van der Waals surface area contributed by atoms with Gasteiger partial charge in [0, 0.05) is 25.1 Å². The van der Waals surface area contributed by atoms with Crippen molar-refractivity contribution in [3.63, 3.8) is 0 Å². The molecule has 1 heterocycles. The molecule has 3 N–H and O–H groups in total. The van der Waals surface area contributed by atoms with Crippen LogP contribution in [-0.2, 0) is 0 Å². The maximum atomic E-state index is 5.44. The summed E-state index contributed by atoms with van der Waals surface area (Å²) in [4.78, 5) is 4.27. The van der Waals surface area contributed by atoms with Crippen LogP contribution >= 0.6 is 12.2 Å². The summed E-state index contributed by atoms with van der Waals surface area (Å²) in [5, 5.41) is 2.97. The molecule has 0 aliphatic carbocycles. The van der Waals surface area contributed by atoms with E-state index in [2.05, 4.69) is 10.3 Å². The van der Waals surface area contributed by atoms with Crippen LogP contribution in [0.4, 0.5) is 5.69 Å². The lowest BCUT2D eigenvalue weighted by atomic mass is 10.2. The molecule has 0 spiro atoms. The number of hydrogen-bond donors (Lipinski definition) is 2. The number of aromatic nitrogens is 1. The fourth-order valence-corrected chi connectivity index (χ4v) is 0.971. The highest BCUT2D eigenvalue weighted by Crippen LogP contribution is 2.11. The second kappa shape index (κ2) is 3.30. The maximum absolute atomic E-state index is 5.44. The highest BCUT2D eigenvalue weighted by atomic mass is 32.1. The zero-order valence-electron chi connectivity index (χ0n) is 6.16. The number of thiocarbonyl (C=S) groups is 1. The van der Waals surface area contributed by atoms with Crippen molar-refractivity contribution in [3.05, 3.63) is 24.0 Å². The molecular weight excluding hydrogens is 158 g/mol. The third-order valence-electron chi connectivity index (χ3n) is 1.36. The Morgan fingerprint density at radius 1 is 1.73 bits per heavy atom. The molecule has 1 aromatic rings. The number of rotatable bonds is 2. The van der Waals surface area contributed by atoms with Crippen molar-refractivity contribution in [1.82, 2.24) is 4.98 Å². The molecule has 0 saturated carbocycles. The molecule has 58 valence electrons. The van der Waals surface area contributed by atoms with Gasteiger partial charge in [0.1, 0.15) is 4.99 Å². The van der Waals surface area contributed by atoms with Gasteiger partial charge in [-0.05, 0) is 6.07 Å². The Bertz CT molecular complexity index is 272. The first kappa shape index (κ1) is 7.94. The molecule has 1 aromatic heterocycles. The number of nitrogens with zero attached hydrogens (tertiary/aromatic N) is 1. The standard InChI is InChI=1S/C7H9N3S/c1-9-6-2-3-10-4-5(6)7(8)11/h2-4H,1H3,(H2,8,11)(H,9,10). The average Bonchev–Trinajstić information content (AvgIpc) is 2.04. The van der Waals surface area contributed by atoms with E-state index in [1.165, 1.54) is 0 Å². The van der Waals surface area contributed by atoms with Gasteiger partial charge >= 0.3 is 0 Å². The number of anilines is 1. The number of nitrogens with two attached hydrogens (primary N) is 1. The van der Waals surface area contributed by atoms with Gasteiger partial charge < -0.3 is 11.1 Å². The van der Waals surface area contributed by atoms with Gasteiger partial charge in [-0.3, -0.25) is 4.98 Å². The molecule has 0 fully saturated rings. The van der Waals surface area contributed by atoms with Crippen LogP contribution in [0.2, 0.25) is 0 Å². The Hall–Kier alpha value is -1.16. The average molecular weight is 167 g/mol. The lowest BCUT2D eigenvalue weighted by molar-refractivity contribution is 1.30. The summed E-state index contributed by atoms with van der Waals surface area (Å²) in [7, 11) is 1.82. The molecule has 3 nitrogen and oxygen atoms in total. The summed E-state index contributed by atoms with van der Waals surface area (Å²) in [5.74, 6) is 0. The van der Waals surface area contributed by atoms with E-state index >= 15 is 0 Å². The normalized spacial score (nSPS) is 9.18. The van der Waals surface area contributed by atoms with E-state index in [1.807, 2.05) is 13.1 Å². The van der Waals surface area contributed by atoms with Crippen LogP contribution in [0, 0.1) is 0 Å². The minimum Gasteiger partial charge on any atom is -0.389 e. The molecule has 0 radical (unpaired) electrons. The summed E-state index contributed by atoms with van der Waals surface area (Å²) in [6.07, 6.45) is 3.34. The van der Waals surface area contributed by atoms with Gasteiger partial charge in [-0.15, -0.1) is 0 Å². The molecule has 1 rings (SSSR count). The van der Waals surface area contributed by atoms with Crippen LogP contribution in [0.5, 0.6) is 0 Å². The third-order valence-corrected chi connectivity index (χ3v) is 1.58. The van der Waals surface area contributed by atoms with Crippen molar-refractivity contribution in [2.24, 2.45) is 5.73 Å². The number of hydrogen-bond acceptors (Lipinski definition) is 3. The quantitative estimate of drug-likeness (QED) is 0.638. The second-order valence-electron chi connectivity index (χ2n) is 2.04. The molecule has 0 unspecified atom stereocenters. The minimum atomic E-state index is 0.363.